The van der Waals surface area contributed by atoms with Crippen LogP contribution in [0.1, 0.15) is 17.2 Å². The molecule has 0 radical (unpaired) electrons. The summed E-state index contributed by atoms with van der Waals surface area (Å²) in [6, 6.07) is 20.9. The summed E-state index contributed by atoms with van der Waals surface area (Å²) in [5.74, 6) is 0. The minimum atomic E-state index is -0.0141. The van der Waals surface area contributed by atoms with Crippen molar-refractivity contribution in [1.82, 2.24) is 4.90 Å². The van der Waals surface area contributed by atoms with E-state index in [9.17, 15) is 0 Å². The van der Waals surface area contributed by atoms with Gasteiger partial charge >= 0.3 is 0 Å². The maximum Gasteiger partial charge on any atom is 0.109 e. The molecular weight excluding hydrogens is 274 g/mol. The van der Waals surface area contributed by atoms with Crippen molar-refractivity contribution in [2.24, 2.45) is 0 Å². The molecule has 1 saturated heterocycles. The zero-order valence-electron chi connectivity index (χ0n) is 13.0. The zero-order valence-corrected chi connectivity index (χ0v) is 13.0. The van der Waals surface area contributed by atoms with Crippen LogP contribution in [0.5, 0.6) is 0 Å². The second kappa shape index (κ2) is 7.54. The van der Waals surface area contributed by atoms with Crippen molar-refractivity contribution in [3.63, 3.8) is 0 Å². The van der Waals surface area contributed by atoms with Crippen molar-refractivity contribution in [2.75, 3.05) is 26.8 Å². The molecule has 1 fully saturated rings. The van der Waals surface area contributed by atoms with Gasteiger partial charge in [-0.25, -0.2) is 0 Å². The average Bonchev–Trinajstić information content (AvgIpc) is 2.58. The van der Waals surface area contributed by atoms with Gasteiger partial charge in [0.2, 0.25) is 0 Å². The average molecular weight is 297 g/mol. The van der Waals surface area contributed by atoms with Gasteiger partial charge in [0.15, 0.2) is 0 Å². The normalized spacial score (nSPS) is 20.7. The molecule has 2 aromatic rings. The van der Waals surface area contributed by atoms with Gasteiger partial charge in [0.1, 0.15) is 12.2 Å². The van der Waals surface area contributed by atoms with Crippen LogP contribution in [0.25, 0.3) is 0 Å². The lowest BCUT2D eigenvalue weighted by molar-refractivity contribution is -0.104. The SMILES string of the molecule is CO[C@H](c1ccccc1)[C@@H]1CN(Cc2ccccc2)CCO1. The van der Waals surface area contributed by atoms with Crippen molar-refractivity contribution < 1.29 is 9.47 Å². The first kappa shape index (κ1) is 15.2. The molecule has 0 bridgehead atoms. The second-order valence-electron chi connectivity index (χ2n) is 5.70. The van der Waals surface area contributed by atoms with Crippen LogP contribution in [0.2, 0.25) is 0 Å². The summed E-state index contributed by atoms with van der Waals surface area (Å²) in [4.78, 5) is 2.44. The molecule has 1 aliphatic heterocycles. The van der Waals surface area contributed by atoms with Crippen molar-refractivity contribution >= 4 is 0 Å². The third-order valence-corrected chi connectivity index (χ3v) is 4.15. The topological polar surface area (TPSA) is 21.7 Å². The number of morpholine rings is 1. The van der Waals surface area contributed by atoms with Crippen LogP contribution in [0, 0.1) is 0 Å². The molecule has 0 N–H and O–H groups in total. The van der Waals surface area contributed by atoms with Crippen molar-refractivity contribution in [2.45, 2.75) is 18.8 Å². The Labute approximate surface area is 132 Å². The molecular formula is C19H23NO2. The standard InChI is InChI=1S/C19H23NO2/c1-21-19(17-10-6-3-7-11-17)18-15-20(12-13-22-18)14-16-8-4-2-5-9-16/h2-11,18-19H,12-15H2,1H3/t18-,19+/m0/s1. The molecule has 3 heteroatoms. The molecule has 0 amide bonds. The number of ether oxygens (including phenoxy) is 2. The van der Waals surface area contributed by atoms with E-state index >= 15 is 0 Å². The first-order valence-corrected chi connectivity index (χ1v) is 7.82. The maximum atomic E-state index is 5.99. The van der Waals surface area contributed by atoms with E-state index in [0.717, 1.165) is 26.2 Å². The first-order chi connectivity index (χ1) is 10.9. The summed E-state index contributed by atoms with van der Waals surface area (Å²) in [6.45, 7) is 3.58. The summed E-state index contributed by atoms with van der Waals surface area (Å²) in [6.07, 6.45) is 0.0598. The maximum absolute atomic E-state index is 5.99. The third-order valence-electron chi connectivity index (χ3n) is 4.15. The van der Waals surface area contributed by atoms with Gasteiger partial charge in [-0.05, 0) is 11.1 Å². The van der Waals surface area contributed by atoms with Gasteiger partial charge in [0.25, 0.3) is 0 Å². The molecule has 0 saturated carbocycles. The quantitative estimate of drug-likeness (QED) is 0.845. The zero-order chi connectivity index (χ0) is 15.2. The van der Waals surface area contributed by atoms with Gasteiger partial charge in [-0.2, -0.15) is 0 Å². The molecule has 2 aromatic carbocycles. The van der Waals surface area contributed by atoms with Gasteiger partial charge in [-0.3, -0.25) is 4.90 Å². The highest BCUT2D eigenvalue weighted by molar-refractivity contribution is 5.19. The van der Waals surface area contributed by atoms with E-state index in [1.807, 2.05) is 18.2 Å². The van der Waals surface area contributed by atoms with E-state index in [2.05, 4.69) is 47.4 Å². The Kier molecular flexibility index (Phi) is 5.22. The van der Waals surface area contributed by atoms with E-state index < -0.39 is 0 Å². The van der Waals surface area contributed by atoms with Gasteiger partial charge < -0.3 is 9.47 Å². The second-order valence-corrected chi connectivity index (χ2v) is 5.70. The van der Waals surface area contributed by atoms with Crippen LogP contribution in [0.4, 0.5) is 0 Å². The van der Waals surface area contributed by atoms with Crippen LogP contribution in [-0.2, 0) is 16.0 Å². The van der Waals surface area contributed by atoms with Crippen LogP contribution in [0.3, 0.4) is 0 Å². The molecule has 2 atom stereocenters. The largest absolute Gasteiger partial charge is 0.374 e. The Morgan fingerprint density at radius 2 is 1.77 bits per heavy atom. The van der Waals surface area contributed by atoms with Crippen molar-refractivity contribution in [3.05, 3.63) is 71.8 Å². The van der Waals surface area contributed by atoms with Crippen LogP contribution in [-0.4, -0.2) is 37.8 Å². The van der Waals surface area contributed by atoms with Gasteiger partial charge in [0, 0.05) is 26.7 Å². The molecule has 0 unspecified atom stereocenters. The molecule has 0 aromatic heterocycles. The summed E-state index contributed by atoms with van der Waals surface area (Å²) in [7, 11) is 1.76. The minimum absolute atomic E-state index is 0.0141. The number of nitrogens with zero attached hydrogens (tertiary/aromatic N) is 1. The van der Waals surface area contributed by atoms with Gasteiger partial charge in [-0.1, -0.05) is 60.7 Å². The minimum Gasteiger partial charge on any atom is -0.374 e. The van der Waals surface area contributed by atoms with E-state index in [0.29, 0.717) is 0 Å². The molecule has 3 nitrogen and oxygen atoms in total. The fourth-order valence-corrected chi connectivity index (χ4v) is 3.05. The van der Waals surface area contributed by atoms with Gasteiger partial charge in [-0.15, -0.1) is 0 Å². The summed E-state index contributed by atoms with van der Waals surface area (Å²) < 4.78 is 11.7. The van der Waals surface area contributed by atoms with E-state index in [1.54, 1.807) is 7.11 Å². The Bertz CT molecular complexity index is 558. The van der Waals surface area contributed by atoms with E-state index in [-0.39, 0.29) is 12.2 Å². The Morgan fingerprint density at radius 3 is 2.45 bits per heavy atom. The van der Waals surface area contributed by atoms with Crippen LogP contribution in [0.15, 0.2) is 60.7 Å². The number of hydrogen-bond acceptors (Lipinski definition) is 3. The number of benzene rings is 2. The predicted octanol–water partition coefficient (Wildman–Crippen LogP) is 3.28. The lowest BCUT2D eigenvalue weighted by Gasteiger charge is -2.36. The molecule has 1 heterocycles. The fourth-order valence-electron chi connectivity index (χ4n) is 3.05. The molecule has 0 spiro atoms. The smallest absolute Gasteiger partial charge is 0.109 e. The van der Waals surface area contributed by atoms with Crippen LogP contribution >= 0.6 is 0 Å². The highest BCUT2D eigenvalue weighted by atomic mass is 16.5. The molecule has 116 valence electrons. The van der Waals surface area contributed by atoms with E-state index in [4.69, 9.17) is 9.47 Å². The van der Waals surface area contributed by atoms with Crippen LogP contribution < -0.4 is 0 Å². The number of hydrogen-bond donors (Lipinski definition) is 0. The van der Waals surface area contributed by atoms with Crippen molar-refractivity contribution in [3.8, 4) is 0 Å². The lowest BCUT2D eigenvalue weighted by atomic mass is 10.0. The molecule has 22 heavy (non-hydrogen) atoms. The molecule has 1 aliphatic rings. The summed E-state index contributed by atoms with van der Waals surface area (Å²) >= 11 is 0. The van der Waals surface area contributed by atoms with Gasteiger partial charge in [0.05, 0.1) is 6.61 Å². The predicted molar refractivity (Wildman–Crippen MR) is 87.7 cm³/mol. The number of methoxy groups -OCH3 is 1. The molecule has 3 rings (SSSR count). The first-order valence-electron chi connectivity index (χ1n) is 7.82. The Hall–Kier alpha value is -1.68. The highest BCUT2D eigenvalue weighted by Crippen LogP contribution is 2.26. The summed E-state index contributed by atoms with van der Waals surface area (Å²) in [5, 5.41) is 0. The summed E-state index contributed by atoms with van der Waals surface area (Å²) in [5.41, 5.74) is 2.52. The Balaban J connectivity index is 1.67. The molecule has 0 aliphatic carbocycles. The highest BCUT2D eigenvalue weighted by Gasteiger charge is 2.29. The fraction of sp³-hybridized carbons (Fsp3) is 0.368. The lowest BCUT2D eigenvalue weighted by Crippen LogP contribution is -2.45. The van der Waals surface area contributed by atoms with Crippen molar-refractivity contribution in [1.29, 1.82) is 0 Å². The Morgan fingerprint density at radius 1 is 1.09 bits per heavy atom. The van der Waals surface area contributed by atoms with E-state index in [1.165, 1.54) is 11.1 Å². The monoisotopic (exact) mass is 297 g/mol. The number of rotatable bonds is 5. The third kappa shape index (κ3) is 3.74.